The number of carbonyl (C=O) groups excluding carboxylic acids is 2. The number of nitrogens with two attached hydrogens (primary N) is 1. The number of nitrogens with one attached hydrogen (secondary N) is 2. The van der Waals surface area contributed by atoms with E-state index in [1.54, 1.807) is 30.3 Å². The van der Waals surface area contributed by atoms with Gasteiger partial charge in [0.1, 0.15) is 5.82 Å². The number of amides is 2. The van der Waals surface area contributed by atoms with Crippen molar-refractivity contribution in [2.24, 2.45) is 11.7 Å². The largest absolute Gasteiger partial charge is 0.381 e. The van der Waals surface area contributed by atoms with Crippen molar-refractivity contribution in [1.82, 2.24) is 0 Å². The molecule has 28 heavy (non-hydrogen) atoms. The Morgan fingerprint density at radius 3 is 2.36 bits per heavy atom. The standard InChI is InChI=1S/C20H22FN3O3.ClH/c21-15-4-2-6-17(12-15)23-19(25)14-3-1-5-16(11-14)24-20(26)18(22)13-7-9-27-10-8-13;/h1-6,11-13,18H,7-10,22H2,(H,23,25)(H,24,26);1H. The fourth-order valence-electron chi connectivity index (χ4n) is 3.02. The van der Waals surface area contributed by atoms with Gasteiger partial charge in [-0.15, -0.1) is 12.4 Å². The number of ether oxygens (including phenoxy) is 1. The van der Waals surface area contributed by atoms with Crippen LogP contribution >= 0.6 is 12.4 Å². The third-order valence-electron chi connectivity index (χ3n) is 4.55. The van der Waals surface area contributed by atoms with E-state index in [-0.39, 0.29) is 24.2 Å². The van der Waals surface area contributed by atoms with Crippen LogP contribution in [0, 0.1) is 11.7 Å². The van der Waals surface area contributed by atoms with Crippen LogP contribution in [0.3, 0.4) is 0 Å². The van der Waals surface area contributed by atoms with Gasteiger partial charge in [-0.2, -0.15) is 0 Å². The fourth-order valence-corrected chi connectivity index (χ4v) is 3.02. The average Bonchev–Trinajstić information content (AvgIpc) is 2.68. The molecular formula is C20H23ClFN3O3. The first-order valence-corrected chi connectivity index (χ1v) is 8.84. The van der Waals surface area contributed by atoms with Crippen molar-refractivity contribution in [3.63, 3.8) is 0 Å². The van der Waals surface area contributed by atoms with Crippen LogP contribution in [0.15, 0.2) is 48.5 Å². The predicted molar refractivity (Wildman–Crippen MR) is 108 cm³/mol. The highest BCUT2D eigenvalue weighted by Gasteiger charge is 2.26. The Bertz CT molecular complexity index is 828. The third-order valence-corrected chi connectivity index (χ3v) is 4.55. The number of halogens is 2. The molecule has 0 saturated carbocycles. The molecular weight excluding hydrogens is 385 g/mol. The van der Waals surface area contributed by atoms with Gasteiger partial charge < -0.3 is 21.1 Å². The van der Waals surface area contributed by atoms with Gasteiger partial charge in [-0.25, -0.2) is 4.39 Å². The molecule has 3 rings (SSSR count). The zero-order valence-corrected chi connectivity index (χ0v) is 16.0. The molecule has 1 atom stereocenters. The van der Waals surface area contributed by atoms with Gasteiger partial charge in [-0.3, -0.25) is 9.59 Å². The Kier molecular flexibility index (Phi) is 7.92. The topological polar surface area (TPSA) is 93.5 Å². The monoisotopic (exact) mass is 407 g/mol. The van der Waals surface area contributed by atoms with Crippen LogP contribution in [-0.2, 0) is 9.53 Å². The van der Waals surface area contributed by atoms with Gasteiger partial charge in [0.25, 0.3) is 5.91 Å². The molecule has 1 aliphatic rings. The van der Waals surface area contributed by atoms with E-state index >= 15 is 0 Å². The van der Waals surface area contributed by atoms with E-state index < -0.39 is 17.8 Å². The Hall–Kier alpha value is -2.48. The van der Waals surface area contributed by atoms with Gasteiger partial charge in [0, 0.05) is 30.2 Å². The summed E-state index contributed by atoms with van der Waals surface area (Å²) in [6, 6.07) is 11.5. The Balaban J connectivity index is 0.00000280. The molecule has 0 aliphatic carbocycles. The third kappa shape index (κ3) is 5.76. The number of hydrogen-bond acceptors (Lipinski definition) is 4. The number of hydrogen-bond donors (Lipinski definition) is 3. The number of rotatable bonds is 5. The molecule has 0 bridgehead atoms. The van der Waals surface area contributed by atoms with Crippen molar-refractivity contribution in [3.05, 3.63) is 59.9 Å². The van der Waals surface area contributed by atoms with Crippen LogP contribution in [0.25, 0.3) is 0 Å². The maximum Gasteiger partial charge on any atom is 0.255 e. The minimum absolute atomic E-state index is 0. The lowest BCUT2D eigenvalue weighted by Crippen LogP contribution is -2.44. The van der Waals surface area contributed by atoms with E-state index in [9.17, 15) is 14.0 Å². The Labute approximate surface area is 169 Å². The molecule has 6 nitrogen and oxygen atoms in total. The highest BCUT2D eigenvalue weighted by atomic mass is 35.5. The second kappa shape index (κ2) is 10.2. The van der Waals surface area contributed by atoms with E-state index in [0.29, 0.717) is 30.2 Å². The molecule has 1 heterocycles. The quantitative estimate of drug-likeness (QED) is 0.709. The second-order valence-corrected chi connectivity index (χ2v) is 6.51. The first kappa shape index (κ1) is 21.8. The van der Waals surface area contributed by atoms with E-state index in [1.807, 2.05) is 0 Å². The van der Waals surface area contributed by atoms with E-state index in [2.05, 4.69) is 10.6 Å². The van der Waals surface area contributed by atoms with Crippen molar-refractivity contribution in [2.45, 2.75) is 18.9 Å². The van der Waals surface area contributed by atoms with Crippen molar-refractivity contribution < 1.29 is 18.7 Å². The number of anilines is 2. The molecule has 8 heteroatoms. The van der Waals surface area contributed by atoms with Crippen LogP contribution in [0.2, 0.25) is 0 Å². The summed E-state index contributed by atoms with van der Waals surface area (Å²) in [6.45, 7) is 1.22. The summed E-state index contributed by atoms with van der Waals surface area (Å²) in [4.78, 5) is 24.8. The first-order valence-electron chi connectivity index (χ1n) is 8.84. The van der Waals surface area contributed by atoms with Crippen LogP contribution in [-0.4, -0.2) is 31.1 Å². The lowest BCUT2D eigenvalue weighted by molar-refractivity contribution is -0.119. The van der Waals surface area contributed by atoms with Gasteiger partial charge in [-0.05, 0) is 55.2 Å². The van der Waals surface area contributed by atoms with Crippen molar-refractivity contribution in [1.29, 1.82) is 0 Å². The van der Waals surface area contributed by atoms with Crippen molar-refractivity contribution in [2.75, 3.05) is 23.8 Å². The molecule has 4 N–H and O–H groups in total. The van der Waals surface area contributed by atoms with Gasteiger partial charge in [-0.1, -0.05) is 12.1 Å². The summed E-state index contributed by atoms with van der Waals surface area (Å²) in [5, 5.41) is 5.39. The van der Waals surface area contributed by atoms with E-state index in [1.165, 1.54) is 18.2 Å². The summed E-state index contributed by atoms with van der Waals surface area (Å²) in [7, 11) is 0. The lowest BCUT2D eigenvalue weighted by Gasteiger charge is -2.26. The van der Waals surface area contributed by atoms with E-state index in [4.69, 9.17) is 10.5 Å². The lowest BCUT2D eigenvalue weighted by atomic mass is 9.92. The van der Waals surface area contributed by atoms with Gasteiger partial charge in [0.05, 0.1) is 6.04 Å². The molecule has 1 unspecified atom stereocenters. The normalized spacial score (nSPS) is 15.2. The number of benzene rings is 2. The highest BCUT2D eigenvalue weighted by Crippen LogP contribution is 2.20. The molecule has 0 radical (unpaired) electrons. The predicted octanol–water partition coefficient (Wildman–Crippen LogP) is 3.19. The molecule has 0 aromatic heterocycles. The summed E-state index contributed by atoms with van der Waals surface area (Å²) in [5.41, 5.74) is 7.25. The molecule has 1 fully saturated rings. The highest BCUT2D eigenvalue weighted by molar-refractivity contribution is 6.05. The van der Waals surface area contributed by atoms with Crippen molar-refractivity contribution in [3.8, 4) is 0 Å². The van der Waals surface area contributed by atoms with E-state index in [0.717, 1.165) is 12.8 Å². The van der Waals surface area contributed by atoms with Gasteiger partial charge in [0.2, 0.25) is 5.91 Å². The first-order chi connectivity index (χ1) is 13.0. The summed E-state index contributed by atoms with van der Waals surface area (Å²) >= 11 is 0. The summed E-state index contributed by atoms with van der Waals surface area (Å²) < 4.78 is 18.5. The van der Waals surface area contributed by atoms with Crippen LogP contribution < -0.4 is 16.4 Å². The van der Waals surface area contributed by atoms with Crippen LogP contribution in [0.1, 0.15) is 23.2 Å². The minimum atomic E-state index is -0.626. The SMILES string of the molecule is Cl.NC(C(=O)Nc1cccc(C(=O)Nc2cccc(F)c2)c1)C1CCOCC1. The zero-order valence-electron chi connectivity index (χ0n) is 15.2. The number of carbonyl (C=O) groups is 2. The Morgan fingerprint density at radius 2 is 1.68 bits per heavy atom. The molecule has 2 amide bonds. The summed E-state index contributed by atoms with van der Waals surface area (Å²) in [5.74, 6) is -1.04. The Morgan fingerprint density at radius 1 is 1.04 bits per heavy atom. The van der Waals surface area contributed by atoms with Gasteiger partial charge in [0.15, 0.2) is 0 Å². The van der Waals surface area contributed by atoms with Crippen LogP contribution in [0.4, 0.5) is 15.8 Å². The molecule has 2 aromatic carbocycles. The second-order valence-electron chi connectivity index (χ2n) is 6.51. The zero-order chi connectivity index (χ0) is 19.2. The average molecular weight is 408 g/mol. The maximum atomic E-state index is 13.2. The molecule has 0 spiro atoms. The maximum absolute atomic E-state index is 13.2. The fraction of sp³-hybridized carbons (Fsp3) is 0.300. The molecule has 1 aliphatic heterocycles. The molecule has 1 saturated heterocycles. The van der Waals surface area contributed by atoms with Crippen LogP contribution in [0.5, 0.6) is 0 Å². The van der Waals surface area contributed by atoms with Gasteiger partial charge >= 0.3 is 0 Å². The summed E-state index contributed by atoms with van der Waals surface area (Å²) in [6.07, 6.45) is 1.51. The molecule has 150 valence electrons. The minimum Gasteiger partial charge on any atom is -0.381 e. The molecule has 2 aromatic rings. The van der Waals surface area contributed by atoms with Crippen molar-refractivity contribution >= 4 is 35.6 Å². The smallest absolute Gasteiger partial charge is 0.255 e.